The maximum atomic E-state index is 0. The maximum absolute atomic E-state index is 0. The van der Waals surface area contributed by atoms with Crippen molar-refractivity contribution in [3.63, 3.8) is 0 Å². The second-order valence-corrected chi connectivity index (χ2v) is 0. The molecule has 0 saturated carbocycles. The molecule has 0 nitrogen and oxygen atoms in total. The third-order valence-electron chi connectivity index (χ3n) is 0. The van der Waals surface area contributed by atoms with Crippen molar-refractivity contribution in [2.45, 2.75) is 0 Å². The molecular weight excluding hydrogens is 283 g/mol. The molecule has 0 spiro atoms. The van der Waals surface area contributed by atoms with Gasteiger partial charge in [0.1, 0.15) is 0 Å². The molecule has 0 unspecified atom stereocenters. The molecule has 0 aliphatic carbocycles. The third-order valence-corrected chi connectivity index (χ3v) is 0. The van der Waals surface area contributed by atoms with E-state index in [1.807, 2.05) is 0 Å². The van der Waals surface area contributed by atoms with Gasteiger partial charge in [0.25, 0.3) is 0 Å². The average Bonchev–Trinajstić information content (AvgIpc) is 0. The van der Waals surface area contributed by atoms with Crippen LogP contribution in [0.15, 0.2) is 0 Å². The van der Waals surface area contributed by atoms with Crippen LogP contribution in [0.3, 0.4) is 0 Å². The van der Waals surface area contributed by atoms with Gasteiger partial charge < -0.3 is 0 Å². The summed E-state index contributed by atoms with van der Waals surface area (Å²) in [7, 11) is 0. The summed E-state index contributed by atoms with van der Waals surface area (Å²) in [5.41, 5.74) is 0. The molecule has 0 bridgehead atoms. The number of rotatable bonds is 0. The van der Waals surface area contributed by atoms with E-state index in [0.29, 0.717) is 0 Å². The largest absolute Gasteiger partial charge is 0 e. The maximum Gasteiger partial charge on any atom is 0 e. The first-order valence-corrected chi connectivity index (χ1v) is 0. The predicted octanol–water partition coefficient (Wildman–Crippen LogP) is -0.0125. The van der Waals surface area contributed by atoms with E-state index in [2.05, 4.69) is 0 Å². The Hall–Kier alpha value is 2.56. The zero-order valence-corrected chi connectivity index (χ0v) is 7.25. The van der Waals surface area contributed by atoms with E-state index in [1.54, 1.807) is 0 Å². The van der Waals surface area contributed by atoms with Crippen molar-refractivity contribution in [2.24, 2.45) is 0 Å². The van der Waals surface area contributed by atoms with Crippen LogP contribution in [0, 0.1) is 0 Å². The Morgan fingerprint density at radius 3 is 0.800 bits per heavy atom. The van der Waals surface area contributed by atoms with Gasteiger partial charge >= 0.3 is 0 Å². The minimum Gasteiger partial charge on any atom is 0 e. The van der Waals surface area contributed by atoms with E-state index in [4.69, 9.17) is 0 Å². The summed E-state index contributed by atoms with van der Waals surface area (Å²) in [6.45, 7) is 0. The van der Waals surface area contributed by atoms with Crippen LogP contribution in [0.25, 0.3) is 0 Å². The van der Waals surface area contributed by atoms with Gasteiger partial charge in [0.05, 0.1) is 0 Å². The van der Waals surface area contributed by atoms with Gasteiger partial charge in [0, 0.05) is 84.5 Å². The zero-order chi connectivity index (χ0) is 0. The Bertz CT molecular complexity index is 9.61. The molecule has 5 heteroatoms. The van der Waals surface area contributed by atoms with E-state index in [-0.39, 0.29) is 84.5 Å². The monoisotopic (exact) mass is 283 g/mol. The minimum atomic E-state index is 0. The van der Waals surface area contributed by atoms with Crippen molar-refractivity contribution in [3.8, 4) is 0 Å². The van der Waals surface area contributed by atoms with Gasteiger partial charge in [-0.1, -0.05) is 0 Å². The summed E-state index contributed by atoms with van der Waals surface area (Å²) in [5, 5.41) is 0. The Balaban J connectivity index is 0. The molecular formula is CoFeMn2Ni. The molecule has 0 rings (SSSR count). The Kier molecular flexibility index (Phi) is 308. The Morgan fingerprint density at radius 1 is 0.800 bits per heavy atom. The van der Waals surface area contributed by atoms with Crippen LogP contribution in [-0.2, 0) is 84.5 Å². The first-order chi connectivity index (χ1) is 0. The molecule has 0 saturated heterocycles. The van der Waals surface area contributed by atoms with Crippen molar-refractivity contribution >= 4 is 0 Å². The average molecular weight is 283 g/mol. The van der Waals surface area contributed by atoms with E-state index >= 15 is 0 Å². The summed E-state index contributed by atoms with van der Waals surface area (Å²) in [5.74, 6) is 0. The molecule has 0 aromatic heterocycles. The van der Waals surface area contributed by atoms with E-state index in [0.717, 1.165) is 0 Å². The molecule has 0 aromatic carbocycles. The summed E-state index contributed by atoms with van der Waals surface area (Å²) in [6, 6.07) is 0. The fourth-order valence-corrected chi connectivity index (χ4v) is 0. The smallest absolute Gasteiger partial charge is 0 e. The summed E-state index contributed by atoms with van der Waals surface area (Å²) < 4.78 is 0. The fraction of sp³-hybridized carbons (Fsp3) is 0. The van der Waals surface area contributed by atoms with Gasteiger partial charge in [-0.25, -0.2) is 0 Å². The van der Waals surface area contributed by atoms with Gasteiger partial charge in [-0.2, -0.15) is 0 Å². The zero-order valence-electron chi connectivity index (χ0n) is 1.76. The van der Waals surface area contributed by atoms with Gasteiger partial charge in [0.15, 0.2) is 0 Å². The van der Waals surface area contributed by atoms with E-state index < -0.39 is 0 Å². The molecule has 0 aromatic rings. The van der Waals surface area contributed by atoms with Crippen molar-refractivity contribution < 1.29 is 84.5 Å². The van der Waals surface area contributed by atoms with Crippen molar-refractivity contribution in [2.75, 3.05) is 0 Å². The molecule has 0 aliphatic rings. The van der Waals surface area contributed by atoms with Crippen molar-refractivity contribution in [3.05, 3.63) is 0 Å². The van der Waals surface area contributed by atoms with Crippen LogP contribution in [0.5, 0.6) is 0 Å². The normalized spacial score (nSPS) is 0. The standard InChI is InChI=1S/Co.Fe.2Mn.Ni. The molecule has 0 amide bonds. The van der Waals surface area contributed by atoms with Gasteiger partial charge in [-0.05, 0) is 0 Å². The van der Waals surface area contributed by atoms with Crippen LogP contribution < -0.4 is 0 Å². The van der Waals surface area contributed by atoms with Gasteiger partial charge in [-0.15, -0.1) is 0 Å². The molecule has 5 heavy (non-hydrogen) atoms. The topological polar surface area (TPSA) is 0 Å². The molecule has 0 atom stereocenters. The molecule has 0 aliphatic heterocycles. The van der Waals surface area contributed by atoms with Crippen molar-refractivity contribution in [1.29, 1.82) is 0 Å². The Labute approximate surface area is 83.5 Å². The number of hydrogen-bond donors (Lipinski definition) is 0. The molecule has 3 radical (unpaired) electrons. The second-order valence-electron chi connectivity index (χ2n) is 0. The van der Waals surface area contributed by atoms with Gasteiger partial charge in [0.2, 0.25) is 0 Å². The SMILES string of the molecule is [Co].[Fe].[Mn].[Mn].[Ni]. The fourth-order valence-electron chi connectivity index (χ4n) is 0. The first-order valence-electron chi connectivity index (χ1n) is 0. The minimum absolute atomic E-state index is 0. The predicted molar refractivity (Wildman–Crippen MR) is 0 cm³/mol. The van der Waals surface area contributed by atoms with Crippen molar-refractivity contribution in [1.82, 2.24) is 0 Å². The summed E-state index contributed by atoms with van der Waals surface area (Å²) >= 11 is 0. The second kappa shape index (κ2) is 31.0. The van der Waals surface area contributed by atoms with Crippen LogP contribution in [-0.4, -0.2) is 0 Å². The summed E-state index contributed by atoms with van der Waals surface area (Å²) in [6.07, 6.45) is 0. The van der Waals surface area contributed by atoms with Crippen LogP contribution in [0.2, 0.25) is 0 Å². The summed E-state index contributed by atoms with van der Waals surface area (Å²) in [4.78, 5) is 0. The quantitative estimate of drug-likeness (QED) is 0.549. The number of hydrogen-bond acceptors (Lipinski definition) is 0. The van der Waals surface area contributed by atoms with Crippen LogP contribution in [0.4, 0.5) is 0 Å². The molecule has 0 heterocycles. The van der Waals surface area contributed by atoms with E-state index in [1.165, 1.54) is 0 Å². The van der Waals surface area contributed by atoms with Gasteiger partial charge in [-0.3, -0.25) is 0 Å². The first kappa shape index (κ1) is 49.7. The molecule has 41 valence electrons. The van der Waals surface area contributed by atoms with Crippen LogP contribution >= 0.6 is 0 Å². The Morgan fingerprint density at radius 2 is 0.800 bits per heavy atom. The van der Waals surface area contributed by atoms with Crippen LogP contribution in [0.1, 0.15) is 0 Å². The molecule has 0 fully saturated rings. The van der Waals surface area contributed by atoms with E-state index in [9.17, 15) is 0 Å². The molecule has 0 N–H and O–H groups in total. The third kappa shape index (κ3) is 20.8.